The van der Waals surface area contributed by atoms with Gasteiger partial charge >= 0.3 is 0 Å². The molecule has 0 aliphatic carbocycles. The molecule has 0 radical (unpaired) electrons. The predicted molar refractivity (Wildman–Crippen MR) is 92.4 cm³/mol. The standard InChI is InChI=1S/C17H24N2O2S/c1-3-18(4-2)16(20)12-22-13-17(21)19-11-7-9-14-8-5-6-10-15(14)19/h5-6,8,10H,3-4,7,9,11-13H2,1-2H3. The summed E-state index contributed by atoms with van der Waals surface area (Å²) in [5, 5.41) is 0. The highest BCUT2D eigenvalue weighted by Gasteiger charge is 2.22. The third-order valence-electron chi connectivity index (χ3n) is 3.98. The number of nitrogens with zero attached hydrogens (tertiary/aromatic N) is 2. The largest absolute Gasteiger partial charge is 0.343 e. The number of fused-ring (bicyclic) bond motifs is 1. The van der Waals surface area contributed by atoms with Gasteiger partial charge < -0.3 is 9.80 Å². The van der Waals surface area contributed by atoms with E-state index in [9.17, 15) is 9.59 Å². The zero-order valence-electron chi connectivity index (χ0n) is 13.4. The minimum atomic E-state index is 0.101. The molecule has 2 rings (SSSR count). The van der Waals surface area contributed by atoms with E-state index in [0.717, 1.165) is 38.2 Å². The lowest BCUT2D eigenvalue weighted by Crippen LogP contribution is -2.37. The maximum absolute atomic E-state index is 12.4. The van der Waals surface area contributed by atoms with E-state index in [4.69, 9.17) is 0 Å². The Kier molecular flexibility index (Phi) is 6.31. The van der Waals surface area contributed by atoms with E-state index in [1.54, 1.807) is 4.90 Å². The van der Waals surface area contributed by atoms with Crippen molar-refractivity contribution < 1.29 is 9.59 Å². The molecule has 120 valence electrons. The Bertz CT molecular complexity index is 529. The molecule has 0 fully saturated rings. The first kappa shape index (κ1) is 16.9. The molecule has 1 aliphatic rings. The first-order chi connectivity index (χ1) is 10.7. The van der Waals surface area contributed by atoms with Crippen molar-refractivity contribution in [3.05, 3.63) is 29.8 Å². The van der Waals surface area contributed by atoms with Crippen LogP contribution >= 0.6 is 11.8 Å². The van der Waals surface area contributed by atoms with E-state index >= 15 is 0 Å². The van der Waals surface area contributed by atoms with Crippen LogP contribution in [0, 0.1) is 0 Å². The lowest BCUT2D eigenvalue weighted by Gasteiger charge is -2.29. The zero-order valence-corrected chi connectivity index (χ0v) is 14.2. The molecule has 0 N–H and O–H groups in total. The number of carbonyl (C=O) groups is 2. The summed E-state index contributed by atoms with van der Waals surface area (Å²) < 4.78 is 0. The summed E-state index contributed by atoms with van der Waals surface area (Å²) in [6.07, 6.45) is 2.04. The Balaban J connectivity index is 1.87. The number of anilines is 1. The molecule has 0 spiro atoms. The maximum Gasteiger partial charge on any atom is 0.236 e. The summed E-state index contributed by atoms with van der Waals surface area (Å²) in [7, 11) is 0. The summed E-state index contributed by atoms with van der Waals surface area (Å²) >= 11 is 1.41. The van der Waals surface area contributed by atoms with Gasteiger partial charge in [0.15, 0.2) is 0 Å². The highest BCUT2D eigenvalue weighted by atomic mass is 32.2. The van der Waals surface area contributed by atoms with Crippen LogP contribution in [0.5, 0.6) is 0 Å². The fourth-order valence-corrected chi connectivity index (χ4v) is 3.55. The number of hydrogen-bond donors (Lipinski definition) is 0. The van der Waals surface area contributed by atoms with Crippen LogP contribution < -0.4 is 4.90 Å². The van der Waals surface area contributed by atoms with Gasteiger partial charge in [-0.25, -0.2) is 0 Å². The van der Waals surface area contributed by atoms with Crippen molar-refractivity contribution in [2.75, 3.05) is 36.0 Å². The molecule has 0 atom stereocenters. The van der Waals surface area contributed by atoms with Crippen LogP contribution in [0.1, 0.15) is 25.8 Å². The molecule has 0 aromatic heterocycles. The Hall–Kier alpha value is -1.49. The number of carbonyl (C=O) groups excluding carboxylic acids is 2. The highest BCUT2D eigenvalue weighted by Crippen LogP contribution is 2.27. The number of hydrogen-bond acceptors (Lipinski definition) is 3. The number of para-hydroxylation sites is 1. The van der Waals surface area contributed by atoms with Gasteiger partial charge in [-0.15, -0.1) is 11.8 Å². The number of aryl methyl sites for hydroxylation is 1. The fraction of sp³-hybridized carbons (Fsp3) is 0.529. The molecule has 0 saturated carbocycles. The third-order valence-corrected chi connectivity index (χ3v) is 4.88. The van der Waals surface area contributed by atoms with Crippen LogP contribution in [0.4, 0.5) is 5.69 Å². The van der Waals surface area contributed by atoms with Crippen molar-refractivity contribution >= 4 is 29.3 Å². The average molecular weight is 320 g/mol. The third kappa shape index (κ3) is 4.03. The summed E-state index contributed by atoms with van der Waals surface area (Å²) in [6, 6.07) is 8.09. The van der Waals surface area contributed by atoms with Gasteiger partial charge in [0.2, 0.25) is 11.8 Å². The number of thioether (sulfide) groups is 1. The smallest absolute Gasteiger partial charge is 0.236 e. The minimum Gasteiger partial charge on any atom is -0.343 e. The number of amides is 2. The molecule has 1 aromatic carbocycles. The Morgan fingerprint density at radius 1 is 1.18 bits per heavy atom. The van der Waals surface area contributed by atoms with Crippen LogP contribution in [0.2, 0.25) is 0 Å². The van der Waals surface area contributed by atoms with Gasteiger partial charge in [0.25, 0.3) is 0 Å². The van der Waals surface area contributed by atoms with Crippen molar-refractivity contribution in [2.24, 2.45) is 0 Å². The molecule has 4 nitrogen and oxygen atoms in total. The summed E-state index contributed by atoms with van der Waals surface area (Å²) in [4.78, 5) is 28.0. The molecular weight excluding hydrogens is 296 g/mol. The van der Waals surface area contributed by atoms with Gasteiger partial charge in [0.1, 0.15) is 0 Å². The normalized spacial score (nSPS) is 13.6. The van der Waals surface area contributed by atoms with Crippen LogP contribution in [0.15, 0.2) is 24.3 Å². The Morgan fingerprint density at radius 2 is 1.91 bits per heavy atom. The van der Waals surface area contributed by atoms with E-state index in [1.807, 2.05) is 36.9 Å². The molecule has 5 heteroatoms. The van der Waals surface area contributed by atoms with E-state index in [0.29, 0.717) is 11.5 Å². The van der Waals surface area contributed by atoms with Gasteiger partial charge in [-0.3, -0.25) is 9.59 Å². The summed E-state index contributed by atoms with van der Waals surface area (Å²) in [5.74, 6) is 0.955. The summed E-state index contributed by atoms with van der Waals surface area (Å²) in [5.41, 5.74) is 2.28. The minimum absolute atomic E-state index is 0.101. The average Bonchev–Trinajstić information content (AvgIpc) is 2.55. The SMILES string of the molecule is CCN(CC)C(=O)CSCC(=O)N1CCCc2ccccc21. The molecular formula is C17H24N2O2S. The van der Waals surface area contributed by atoms with Crippen LogP contribution in [0.25, 0.3) is 0 Å². The van der Waals surface area contributed by atoms with Gasteiger partial charge in [-0.05, 0) is 38.3 Å². The van der Waals surface area contributed by atoms with E-state index < -0.39 is 0 Å². The molecule has 0 saturated heterocycles. The number of rotatable bonds is 6. The quantitative estimate of drug-likeness (QED) is 0.809. The fourth-order valence-electron chi connectivity index (χ4n) is 2.76. The second-order valence-electron chi connectivity index (χ2n) is 5.34. The highest BCUT2D eigenvalue weighted by molar-refractivity contribution is 8.00. The van der Waals surface area contributed by atoms with E-state index in [2.05, 4.69) is 6.07 Å². The van der Waals surface area contributed by atoms with Gasteiger partial charge in [0, 0.05) is 25.3 Å². The number of benzene rings is 1. The zero-order chi connectivity index (χ0) is 15.9. The van der Waals surface area contributed by atoms with Crippen molar-refractivity contribution in [1.82, 2.24) is 4.90 Å². The molecule has 2 amide bonds. The van der Waals surface area contributed by atoms with Gasteiger partial charge in [0.05, 0.1) is 11.5 Å². The first-order valence-electron chi connectivity index (χ1n) is 7.91. The molecule has 22 heavy (non-hydrogen) atoms. The van der Waals surface area contributed by atoms with E-state index in [-0.39, 0.29) is 11.8 Å². The second-order valence-corrected chi connectivity index (χ2v) is 6.32. The van der Waals surface area contributed by atoms with Crippen LogP contribution in [-0.2, 0) is 16.0 Å². The van der Waals surface area contributed by atoms with Crippen molar-refractivity contribution in [2.45, 2.75) is 26.7 Å². The second kappa shape index (κ2) is 8.22. The molecule has 1 aromatic rings. The van der Waals surface area contributed by atoms with Crippen molar-refractivity contribution in [3.8, 4) is 0 Å². The lowest BCUT2D eigenvalue weighted by molar-refractivity contribution is -0.127. The topological polar surface area (TPSA) is 40.6 Å². The lowest BCUT2D eigenvalue weighted by atomic mass is 10.0. The first-order valence-corrected chi connectivity index (χ1v) is 9.06. The van der Waals surface area contributed by atoms with Crippen LogP contribution in [0.3, 0.4) is 0 Å². The van der Waals surface area contributed by atoms with Crippen molar-refractivity contribution in [3.63, 3.8) is 0 Å². The Labute approximate surface area is 136 Å². The van der Waals surface area contributed by atoms with Crippen molar-refractivity contribution in [1.29, 1.82) is 0 Å². The monoisotopic (exact) mass is 320 g/mol. The molecule has 1 heterocycles. The van der Waals surface area contributed by atoms with Gasteiger partial charge in [-0.2, -0.15) is 0 Å². The summed E-state index contributed by atoms with van der Waals surface area (Å²) in [6.45, 7) is 6.18. The van der Waals surface area contributed by atoms with Gasteiger partial charge in [-0.1, -0.05) is 18.2 Å². The Morgan fingerprint density at radius 3 is 2.64 bits per heavy atom. The molecule has 0 bridgehead atoms. The molecule has 0 unspecified atom stereocenters. The maximum atomic E-state index is 12.4. The van der Waals surface area contributed by atoms with Crippen LogP contribution in [-0.4, -0.2) is 47.9 Å². The molecule has 1 aliphatic heterocycles. The predicted octanol–water partition coefficient (Wildman–Crippen LogP) is 2.57. The van der Waals surface area contributed by atoms with E-state index in [1.165, 1.54) is 17.3 Å².